The van der Waals surface area contributed by atoms with Gasteiger partial charge in [0.1, 0.15) is 15.4 Å². The number of rotatable bonds is 4. The molecule has 10 heteroatoms. The first-order chi connectivity index (χ1) is 11.5. The molecule has 3 heterocycles. The van der Waals surface area contributed by atoms with Crippen molar-refractivity contribution in [1.82, 2.24) is 14.5 Å². The number of nitrogens with zero attached hydrogens (tertiary/aromatic N) is 2. The monoisotopic (exact) mass is 349 g/mol. The third-order valence-electron chi connectivity index (χ3n) is 3.24. The molecular formula is C14H11N3O6S. The van der Waals surface area contributed by atoms with Crippen molar-refractivity contribution < 1.29 is 19.4 Å². The number of hydrogen-bond donors (Lipinski definition) is 2. The molecule has 0 amide bonds. The molecule has 0 saturated heterocycles. The predicted molar refractivity (Wildman–Crippen MR) is 85.9 cm³/mol. The van der Waals surface area contributed by atoms with Crippen LogP contribution in [-0.2, 0) is 0 Å². The van der Waals surface area contributed by atoms with E-state index in [1.54, 1.807) is 0 Å². The van der Waals surface area contributed by atoms with Gasteiger partial charge in [0.15, 0.2) is 5.75 Å². The molecule has 24 heavy (non-hydrogen) atoms. The molecule has 0 saturated carbocycles. The molecule has 0 aliphatic carbocycles. The third kappa shape index (κ3) is 2.42. The van der Waals surface area contributed by atoms with Crippen LogP contribution in [0.2, 0.25) is 0 Å². The Bertz CT molecular complexity index is 1060. The van der Waals surface area contributed by atoms with Crippen molar-refractivity contribution in [3.63, 3.8) is 0 Å². The lowest BCUT2D eigenvalue weighted by atomic mass is 10.4. The van der Waals surface area contributed by atoms with Crippen LogP contribution in [0.5, 0.6) is 11.6 Å². The first-order valence-electron chi connectivity index (χ1n) is 6.58. The van der Waals surface area contributed by atoms with E-state index in [1.807, 2.05) is 0 Å². The normalized spacial score (nSPS) is 10.8. The van der Waals surface area contributed by atoms with Crippen molar-refractivity contribution in [3.8, 4) is 17.4 Å². The number of fused-ring (bicyclic) bond motifs is 1. The second kappa shape index (κ2) is 5.81. The van der Waals surface area contributed by atoms with Crippen LogP contribution in [0.1, 0.15) is 9.67 Å². The van der Waals surface area contributed by atoms with Crippen molar-refractivity contribution in [2.75, 3.05) is 14.2 Å². The Morgan fingerprint density at radius 3 is 2.67 bits per heavy atom. The number of thiophene rings is 1. The molecule has 0 radical (unpaired) electrons. The first-order valence-corrected chi connectivity index (χ1v) is 7.39. The summed E-state index contributed by atoms with van der Waals surface area (Å²) in [6, 6.07) is 4.18. The Labute approximate surface area is 137 Å². The van der Waals surface area contributed by atoms with Crippen molar-refractivity contribution in [2.24, 2.45) is 0 Å². The molecule has 0 spiro atoms. The summed E-state index contributed by atoms with van der Waals surface area (Å²) in [5.74, 6) is -0.687. The fourth-order valence-corrected chi connectivity index (χ4v) is 3.05. The number of nitrogens with one attached hydrogen (secondary N) is 1. The summed E-state index contributed by atoms with van der Waals surface area (Å²) in [5.41, 5.74) is -1.22. The molecular weight excluding hydrogens is 338 g/mol. The summed E-state index contributed by atoms with van der Waals surface area (Å²) in [4.78, 5) is 42.4. The van der Waals surface area contributed by atoms with Crippen molar-refractivity contribution >= 4 is 27.5 Å². The molecule has 3 aromatic rings. The van der Waals surface area contributed by atoms with Crippen LogP contribution in [0.3, 0.4) is 0 Å². The molecule has 0 aromatic carbocycles. The Hall–Kier alpha value is -3.14. The number of H-pyrrole nitrogens is 1. The van der Waals surface area contributed by atoms with Crippen LogP contribution in [-0.4, -0.2) is 39.8 Å². The molecule has 0 aliphatic heterocycles. The van der Waals surface area contributed by atoms with Crippen LogP contribution in [0.15, 0.2) is 27.8 Å². The summed E-state index contributed by atoms with van der Waals surface area (Å²) in [6.45, 7) is 0. The predicted octanol–water partition coefficient (Wildman–Crippen LogP) is 0.851. The SMILES string of the molecule is COc1ccc(-n2c(=O)[nH]c3cc(C(=O)O)sc3c2=O)nc1OC. The highest BCUT2D eigenvalue weighted by Crippen LogP contribution is 2.25. The zero-order chi connectivity index (χ0) is 17.4. The Balaban J connectivity index is 2.28. The zero-order valence-corrected chi connectivity index (χ0v) is 13.3. The number of carboxylic acid groups (broad SMARTS) is 1. The minimum atomic E-state index is -1.17. The highest BCUT2D eigenvalue weighted by Gasteiger charge is 2.17. The maximum atomic E-state index is 12.6. The topological polar surface area (TPSA) is 124 Å². The van der Waals surface area contributed by atoms with Gasteiger partial charge in [0, 0.05) is 0 Å². The third-order valence-corrected chi connectivity index (χ3v) is 4.35. The van der Waals surface area contributed by atoms with E-state index < -0.39 is 17.2 Å². The molecule has 0 aliphatic rings. The number of pyridine rings is 1. The maximum Gasteiger partial charge on any atom is 0.345 e. The fraction of sp³-hybridized carbons (Fsp3) is 0.143. The average molecular weight is 349 g/mol. The van der Waals surface area contributed by atoms with E-state index in [2.05, 4.69) is 9.97 Å². The van der Waals surface area contributed by atoms with Crippen LogP contribution in [0, 0.1) is 0 Å². The molecule has 124 valence electrons. The van der Waals surface area contributed by atoms with E-state index in [0.29, 0.717) is 5.75 Å². The molecule has 0 bridgehead atoms. The van der Waals surface area contributed by atoms with E-state index in [9.17, 15) is 14.4 Å². The van der Waals surface area contributed by atoms with Gasteiger partial charge in [0.05, 0.1) is 19.7 Å². The van der Waals surface area contributed by atoms with Gasteiger partial charge in [-0.25, -0.2) is 14.2 Å². The van der Waals surface area contributed by atoms with Crippen LogP contribution in [0.25, 0.3) is 16.0 Å². The Kier molecular flexibility index (Phi) is 3.81. The van der Waals surface area contributed by atoms with Gasteiger partial charge in [-0.15, -0.1) is 11.3 Å². The molecule has 0 atom stereocenters. The van der Waals surface area contributed by atoms with Gasteiger partial charge in [-0.1, -0.05) is 0 Å². The lowest BCUT2D eigenvalue weighted by molar-refractivity contribution is 0.0702. The second-order valence-electron chi connectivity index (χ2n) is 4.61. The maximum absolute atomic E-state index is 12.6. The first kappa shape index (κ1) is 15.7. The lowest BCUT2D eigenvalue weighted by Gasteiger charge is -2.09. The lowest BCUT2D eigenvalue weighted by Crippen LogP contribution is -2.33. The minimum absolute atomic E-state index is 0.0334. The van der Waals surface area contributed by atoms with Gasteiger partial charge >= 0.3 is 11.7 Å². The van der Waals surface area contributed by atoms with Crippen LogP contribution in [0.4, 0.5) is 0 Å². The highest BCUT2D eigenvalue weighted by atomic mass is 32.1. The molecule has 0 unspecified atom stereocenters. The van der Waals surface area contributed by atoms with Gasteiger partial charge in [0.25, 0.3) is 11.4 Å². The van der Waals surface area contributed by atoms with Gasteiger partial charge < -0.3 is 19.6 Å². The second-order valence-corrected chi connectivity index (χ2v) is 5.66. The van der Waals surface area contributed by atoms with Gasteiger partial charge in [-0.3, -0.25) is 4.79 Å². The van der Waals surface area contributed by atoms with Gasteiger partial charge in [-0.2, -0.15) is 4.98 Å². The number of ether oxygens (including phenoxy) is 2. The van der Waals surface area contributed by atoms with Crippen molar-refractivity contribution in [3.05, 3.63) is 43.9 Å². The molecule has 3 aromatic heterocycles. The van der Waals surface area contributed by atoms with E-state index >= 15 is 0 Å². The quantitative estimate of drug-likeness (QED) is 0.715. The minimum Gasteiger partial charge on any atom is -0.491 e. The standard InChI is InChI=1S/C14H11N3O6S/c1-22-7-3-4-9(16-11(7)23-2)17-12(18)10-6(15-14(17)21)5-8(24-10)13(19)20/h3-5H,1-2H3,(H,15,21)(H,19,20). The molecule has 0 fully saturated rings. The number of carboxylic acids is 1. The van der Waals surface area contributed by atoms with Gasteiger partial charge in [-0.05, 0) is 18.2 Å². The van der Waals surface area contributed by atoms with Crippen molar-refractivity contribution in [1.29, 1.82) is 0 Å². The Morgan fingerprint density at radius 2 is 2.04 bits per heavy atom. The summed E-state index contributed by atoms with van der Waals surface area (Å²) in [6.07, 6.45) is 0. The zero-order valence-electron chi connectivity index (χ0n) is 12.5. The van der Waals surface area contributed by atoms with E-state index in [4.69, 9.17) is 14.6 Å². The molecule has 2 N–H and O–H groups in total. The van der Waals surface area contributed by atoms with E-state index in [0.717, 1.165) is 15.9 Å². The molecule has 3 rings (SSSR count). The summed E-state index contributed by atoms with van der Waals surface area (Å²) in [5, 5.41) is 9.03. The fourth-order valence-electron chi connectivity index (χ4n) is 2.17. The largest absolute Gasteiger partial charge is 0.491 e. The van der Waals surface area contributed by atoms with E-state index in [-0.39, 0.29) is 26.8 Å². The summed E-state index contributed by atoms with van der Waals surface area (Å²) >= 11 is 0.780. The van der Waals surface area contributed by atoms with Crippen LogP contribution < -0.4 is 20.7 Å². The average Bonchev–Trinajstić information content (AvgIpc) is 2.99. The van der Waals surface area contributed by atoms with Crippen LogP contribution >= 0.6 is 11.3 Å². The summed E-state index contributed by atoms with van der Waals surface area (Å²) in [7, 11) is 2.81. The number of hydrogen-bond acceptors (Lipinski definition) is 7. The number of aromatic amines is 1. The number of carbonyl (C=O) groups is 1. The number of aromatic nitrogens is 3. The molecule has 9 nitrogen and oxygen atoms in total. The Morgan fingerprint density at radius 1 is 1.29 bits per heavy atom. The number of aromatic carboxylic acids is 1. The highest BCUT2D eigenvalue weighted by molar-refractivity contribution is 7.20. The van der Waals surface area contributed by atoms with Crippen molar-refractivity contribution in [2.45, 2.75) is 0 Å². The van der Waals surface area contributed by atoms with E-state index in [1.165, 1.54) is 32.4 Å². The number of methoxy groups -OCH3 is 2. The summed E-state index contributed by atoms with van der Waals surface area (Å²) < 4.78 is 11.1. The smallest absolute Gasteiger partial charge is 0.345 e. The van der Waals surface area contributed by atoms with Gasteiger partial charge in [0.2, 0.25) is 0 Å².